The normalized spacial score (nSPS) is 20.3. The van der Waals surface area contributed by atoms with Crippen LogP contribution in [-0.2, 0) is 22.4 Å². The average molecular weight is 806 g/mol. The number of ether oxygens (including phenoxy) is 5. The number of rotatable bonds is 11. The molecule has 3 atom stereocenters. The van der Waals surface area contributed by atoms with Crippen molar-refractivity contribution in [2.75, 3.05) is 26.7 Å². The van der Waals surface area contributed by atoms with Gasteiger partial charge in [0.15, 0.2) is 23.0 Å². The van der Waals surface area contributed by atoms with E-state index >= 15 is 0 Å². The third kappa shape index (κ3) is 7.58. The summed E-state index contributed by atoms with van der Waals surface area (Å²) < 4.78 is 28.3. The van der Waals surface area contributed by atoms with E-state index in [2.05, 4.69) is 30.1 Å². The molecule has 5 aliphatic heterocycles. The summed E-state index contributed by atoms with van der Waals surface area (Å²) in [5, 5.41) is 0. The first-order valence-electron chi connectivity index (χ1n) is 21.0. The first-order chi connectivity index (χ1) is 29.5. The zero-order chi connectivity index (χ0) is 40.6. The number of likely N-dealkylation sites (tertiary alicyclic amines) is 2. The van der Waals surface area contributed by atoms with Gasteiger partial charge in [-0.15, -0.1) is 0 Å². The van der Waals surface area contributed by atoms with Crippen LogP contribution in [0, 0.1) is 5.92 Å². The summed E-state index contributed by atoms with van der Waals surface area (Å²) in [4.78, 5) is 44.7. The number of amides is 2. The number of nitrogens with one attached hydrogen (secondary N) is 1. The molecule has 2 saturated heterocycles. The predicted molar refractivity (Wildman–Crippen MR) is 225 cm³/mol. The molecule has 2 fully saturated rings. The number of benzene rings is 4. The van der Waals surface area contributed by atoms with Gasteiger partial charge in [0, 0.05) is 35.8 Å². The van der Waals surface area contributed by atoms with Crippen molar-refractivity contribution in [3.63, 3.8) is 0 Å². The van der Waals surface area contributed by atoms with Crippen LogP contribution in [0.2, 0.25) is 0 Å². The SMILES string of the molecule is CCC1CC=C(c2ccc(Oc3cccc(-c4cnc(C5CCCN5C(=O)Cc5ccc6c(c5)OCO6)[nH]4)c3)cc2)N=C1C1CCCN1C(=O)Cc1ccc2c(c1)OCO2. The van der Waals surface area contributed by atoms with Crippen molar-refractivity contribution >= 4 is 23.2 Å². The Labute approximate surface area is 348 Å². The Kier molecular flexibility index (Phi) is 10.2. The molecule has 10 rings (SSSR count). The van der Waals surface area contributed by atoms with Crippen molar-refractivity contribution in [1.29, 1.82) is 0 Å². The third-order valence-corrected chi connectivity index (χ3v) is 12.3. The number of carbonyl (C=O) groups excluding carboxylic acids is 2. The number of aromatic nitrogens is 2. The van der Waals surface area contributed by atoms with Crippen molar-refractivity contribution in [3.05, 3.63) is 120 Å². The van der Waals surface area contributed by atoms with Gasteiger partial charge in [-0.2, -0.15) is 0 Å². The van der Waals surface area contributed by atoms with Crippen LogP contribution in [0.3, 0.4) is 0 Å². The molecule has 0 bridgehead atoms. The van der Waals surface area contributed by atoms with Crippen LogP contribution in [-0.4, -0.2) is 70.0 Å². The number of imidazole rings is 1. The lowest BCUT2D eigenvalue weighted by molar-refractivity contribution is -0.131. The first kappa shape index (κ1) is 37.7. The monoisotopic (exact) mass is 805 g/mol. The van der Waals surface area contributed by atoms with Gasteiger partial charge in [-0.1, -0.05) is 37.3 Å². The van der Waals surface area contributed by atoms with E-state index in [1.54, 1.807) is 0 Å². The van der Waals surface area contributed by atoms with E-state index in [1.807, 2.05) is 88.8 Å². The van der Waals surface area contributed by atoms with Crippen molar-refractivity contribution in [1.82, 2.24) is 19.8 Å². The molecule has 1 N–H and O–H groups in total. The summed E-state index contributed by atoms with van der Waals surface area (Å²) in [6, 6.07) is 27.3. The van der Waals surface area contributed by atoms with E-state index in [0.717, 1.165) is 96.0 Å². The van der Waals surface area contributed by atoms with Gasteiger partial charge in [0.2, 0.25) is 25.4 Å². The number of allylic oxidation sites excluding steroid dienone is 1. The lowest BCUT2D eigenvalue weighted by atomic mass is 9.87. The molecule has 4 aromatic carbocycles. The second kappa shape index (κ2) is 16.2. The number of hydrogen-bond donors (Lipinski definition) is 1. The minimum atomic E-state index is -0.113. The van der Waals surface area contributed by atoms with Gasteiger partial charge in [-0.25, -0.2) is 4.98 Å². The van der Waals surface area contributed by atoms with Crippen LogP contribution in [0.25, 0.3) is 17.0 Å². The molecule has 12 nitrogen and oxygen atoms in total. The quantitative estimate of drug-likeness (QED) is 0.141. The third-order valence-electron chi connectivity index (χ3n) is 12.3. The highest BCUT2D eigenvalue weighted by Gasteiger charge is 2.37. The number of nitrogens with zero attached hydrogens (tertiary/aromatic N) is 4. The van der Waals surface area contributed by atoms with Gasteiger partial charge in [0.25, 0.3) is 0 Å². The van der Waals surface area contributed by atoms with Gasteiger partial charge >= 0.3 is 0 Å². The molecule has 3 unspecified atom stereocenters. The van der Waals surface area contributed by atoms with Crippen LogP contribution >= 0.6 is 0 Å². The summed E-state index contributed by atoms with van der Waals surface area (Å²) >= 11 is 0. The predicted octanol–water partition coefficient (Wildman–Crippen LogP) is 8.68. The topological polar surface area (TPSA) is 128 Å². The van der Waals surface area contributed by atoms with Crippen LogP contribution < -0.4 is 23.7 Å². The van der Waals surface area contributed by atoms with Gasteiger partial charge in [-0.05, 0) is 110 Å². The van der Waals surface area contributed by atoms with Gasteiger partial charge in [0.05, 0.1) is 42.5 Å². The Balaban J connectivity index is 0.790. The van der Waals surface area contributed by atoms with Crippen LogP contribution in [0.15, 0.2) is 102 Å². The Morgan fingerprint density at radius 3 is 2.07 bits per heavy atom. The number of hydrogen-bond acceptors (Lipinski definition) is 9. The van der Waals surface area contributed by atoms with Crippen molar-refractivity contribution in [3.8, 4) is 45.8 Å². The molecule has 306 valence electrons. The zero-order valence-corrected chi connectivity index (χ0v) is 33.6. The molecule has 0 aliphatic carbocycles. The highest BCUT2D eigenvalue weighted by Crippen LogP contribution is 2.38. The fourth-order valence-corrected chi connectivity index (χ4v) is 9.14. The van der Waals surface area contributed by atoms with E-state index in [4.69, 9.17) is 33.7 Å². The second-order valence-electron chi connectivity index (χ2n) is 16.0. The maximum atomic E-state index is 13.7. The lowest BCUT2D eigenvalue weighted by Crippen LogP contribution is -2.44. The molecule has 2 amide bonds. The van der Waals surface area contributed by atoms with Crippen LogP contribution in [0.5, 0.6) is 34.5 Å². The number of aliphatic imine (C=N–C) groups is 1. The summed E-state index contributed by atoms with van der Waals surface area (Å²) in [6.07, 6.45) is 10.2. The Morgan fingerprint density at radius 2 is 1.38 bits per heavy atom. The van der Waals surface area contributed by atoms with Gasteiger partial charge in [-0.3, -0.25) is 14.6 Å². The Bertz CT molecular complexity index is 2490. The highest BCUT2D eigenvalue weighted by atomic mass is 16.7. The Morgan fingerprint density at radius 1 is 0.733 bits per heavy atom. The number of carbonyl (C=O) groups is 2. The van der Waals surface area contributed by atoms with E-state index in [9.17, 15) is 9.59 Å². The van der Waals surface area contributed by atoms with Gasteiger partial charge < -0.3 is 38.5 Å². The first-order valence-corrected chi connectivity index (χ1v) is 21.0. The molecule has 12 heteroatoms. The summed E-state index contributed by atoms with van der Waals surface area (Å²) in [7, 11) is 0. The molecule has 1 aromatic heterocycles. The summed E-state index contributed by atoms with van der Waals surface area (Å²) in [5.74, 6) is 5.48. The fourth-order valence-electron chi connectivity index (χ4n) is 9.14. The minimum Gasteiger partial charge on any atom is -0.457 e. The number of aromatic amines is 1. The largest absolute Gasteiger partial charge is 0.457 e. The van der Waals surface area contributed by atoms with E-state index in [0.29, 0.717) is 54.1 Å². The molecule has 0 spiro atoms. The van der Waals surface area contributed by atoms with E-state index < -0.39 is 0 Å². The maximum Gasteiger partial charge on any atom is 0.231 e. The molecule has 6 heterocycles. The maximum absolute atomic E-state index is 13.7. The van der Waals surface area contributed by atoms with Crippen molar-refractivity contribution < 1.29 is 33.3 Å². The smallest absolute Gasteiger partial charge is 0.231 e. The molecule has 5 aromatic rings. The van der Waals surface area contributed by atoms with Crippen molar-refractivity contribution in [2.24, 2.45) is 10.9 Å². The van der Waals surface area contributed by atoms with Crippen molar-refractivity contribution in [2.45, 2.75) is 70.4 Å². The molecule has 0 saturated carbocycles. The lowest BCUT2D eigenvalue weighted by Gasteiger charge is -2.32. The molecule has 60 heavy (non-hydrogen) atoms. The van der Waals surface area contributed by atoms with Crippen LogP contribution in [0.1, 0.15) is 74.0 Å². The standard InChI is InChI=1S/C48H47N5O7/c1-2-32-14-17-37(50-47(32)39-8-4-20-52(39)45(54)24-30-10-18-41-43(22-30)58-28-56-41)33-12-15-35(16-13-33)60-36-7-3-6-34(26-36)38-27-49-48(51-38)40-9-5-21-53(40)46(55)25-31-11-19-42-44(23-31)59-29-57-42/h3,6-7,10-13,15-19,22-23,26-27,32,39-40H,2,4-5,8-9,14,20-21,24-25,28-29H2,1H3,(H,49,51). The second-order valence-corrected chi connectivity index (χ2v) is 16.0. The average Bonchev–Trinajstić information content (AvgIpc) is 4.13. The highest BCUT2D eigenvalue weighted by molar-refractivity contribution is 6.00. The van der Waals surface area contributed by atoms with E-state index in [-0.39, 0.29) is 37.5 Å². The molecule has 5 aliphatic rings. The summed E-state index contributed by atoms with van der Waals surface area (Å²) in [5.41, 5.74) is 6.68. The molecular formula is C48H47N5O7. The van der Waals surface area contributed by atoms with Crippen LogP contribution in [0.4, 0.5) is 0 Å². The minimum absolute atomic E-state index is 0.00662. The Hall–Kier alpha value is -6.56. The van der Waals surface area contributed by atoms with Gasteiger partial charge in [0.1, 0.15) is 17.3 Å². The molecule has 0 radical (unpaired) electrons. The fraction of sp³-hybridized carbons (Fsp3) is 0.333. The summed E-state index contributed by atoms with van der Waals surface area (Å²) in [6.45, 7) is 4.06. The number of H-pyrrole nitrogens is 1. The number of fused-ring (bicyclic) bond motifs is 2. The van der Waals surface area contributed by atoms with E-state index in [1.165, 1.54) is 0 Å². The zero-order valence-electron chi connectivity index (χ0n) is 33.6. The molecular weight excluding hydrogens is 759 g/mol.